The van der Waals surface area contributed by atoms with Gasteiger partial charge in [0.15, 0.2) is 17.5 Å². The first-order chi connectivity index (χ1) is 12.4. The summed E-state index contributed by atoms with van der Waals surface area (Å²) in [5.74, 6) is 0.883. The molecule has 1 aromatic rings. The smallest absolute Gasteiger partial charge is 0.186 e. The van der Waals surface area contributed by atoms with Gasteiger partial charge in [-0.3, -0.25) is 0 Å². The number of nitrogens with two attached hydrogens (primary N) is 2. The highest BCUT2D eigenvalue weighted by atomic mass is 16.5. The van der Waals surface area contributed by atoms with E-state index >= 15 is 0 Å². The van der Waals surface area contributed by atoms with Crippen molar-refractivity contribution in [2.24, 2.45) is 16.5 Å². The van der Waals surface area contributed by atoms with Crippen molar-refractivity contribution in [2.45, 2.75) is 54.9 Å². The minimum absolute atomic E-state index is 0.0839. The number of phenols is 1. The van der Waals surface area contributed by atoms with Crippen LogP contribution in [-0.4, -0.2) is 60.5 Å². The lowest BCUT2D eigenvalue weighted by Crippen LogP contribution is -2.77. The molecule has 5 atom stereocenters. The van der Waals surface area contributed by atoms with Crippen molar-refractivity contribution in [1.29, 1.82) is 0 Å². The van der Waals surface area contributed by atoms with Crippen molar-refractivity contribution in [3.05, 3.63) is 23.3 Å². The van der Waals surface area contributed by atoms with Crippen molar-refractivity contribution in [2.75, 3.05) is 20.7 Å². The molecular weight excluding hydrogens is 332 g/mol. The highest BCUT2D eigenvalue weighted by molar-refractivity contribution is 5.76. The van der Waals surface area contributed by atoms with E-state index in [0.29, 0.717) is 5.75 Å². The third-order valence-electron chi connectivity index (χ3n) is 7.34. The average molecular weight is 358 g/mol. The Morgan fingerprint density at radius 1 is 1.38 bits per heavy atom. The summed E-state index contributed by atoms with van der Waals surface area (Å²) in [4.78, 5) is 6.92. The minimum atomic E-state index is -0.355. The summed E-state index contributed by atoms with van der Waals surface area (Å²) in [5.41, 5.74) is 13.1. The van der Waals surface area contributed by atoms with Crippen molar-refractivity contribution in [3.63, 3.8) is 0 Å². The highest BCUT2D eigenvalue weighted by Gasteiger charge is 2.73. The van der Waals surface area contributed by atoms with Gasteiger partial charge in [-0.2, -0.15) is 0 Å². The van der Waals surface area contributed by atoms with Crippen LogP contribution in [-0.2, 0) is 16.6 Å². The molecule has 2 bridgehead atoms. The maximum atomic E-state index is 10.5. The van der Waals surface area contributed by atoms with E-state index in [9.17, 15) is 5.11 Å². The molecule has 2 unspecified atom stereocenters. The number of hydrogen-bond acceptors (Lipinski definition) is 5. The normalized spacial score (nSPS) is 39.8. The lowest BCUT2D eigenvalue weighted by Gasteiger charge is -2.64. The van der Waals surface area contributed by atoms with Crippen LogP contribution in [0.3, 0.4) is 0 Å². The Morgan fingerprint density at radius 2 is 2.19 bits per heavy atom. The molecule has 2 aliphatic carbocycles. The minimum Gasteiger partial charge on any atom is -0.504 e. The Labute approximate surface area is 153 Å². The predicted molar refractivity (Wildman–Crippen MR) is 97.5 cm³/mol. The van der Waals surface area contributed by atoms with Crippen LogP contribution >= 0.6 is 0 Å². The number of hydrogen-bond donors (Lipinski definition) is 3. The Balaban J connectivity index is 1.80. The molecule has 0 amide bonds. The van der Waals surface area contributed by atoms with Crippen molar-refractivity contribution in [3.8, 4) is 11.5 Å². The summed E-state index contributed by atoms with van der Waals surface area (Å²) < 4.78 is 12.8. The van der Waals surface area contributed by atoms with E-state index in [1.807, 2.05) is 13.2 Å². The van der Waals surface area contributed by atoms with Gasteiger partial charge in [0.25, 0.3) is 0 Å². The fraction of sp³-hybridized carbons (Fsp3) is 0.632. The standard InChI is InChI=1S/C19H26N4O3/c1-23-8-7-18-14-10-3-4-12(24)15(14)26-16(18)11(22-17(20)21)5-6-19(18,25-2)13(23)9-10/h3-4,11,13,16,24H,5-9H2,1-2H3,(H4,20,21,22)/t11-,13?,16-,18?,19+/m0/s1. The molecule has 5 N–H and O–H groups in total. The lowest BCUT2D eigenvalue weighted by atomic mass is 9.48. The first-order valence-corrected chi connectivity index (χ1v) is 9.31. The molecule has 1 aromatic carbocycles. The highest BCUT2D eigenvalue weighted by Crippen LogP contribution is 2.66. The van der Waals surface area contributed by atoms with Crippen LogP contribution < -0.4 is 16.2 Å². The van der Waals surface area contributed by atoms with Crippen LogP contribution in [0.2, 0.25) is 0 Å². The number of nitrogens with zero attached hydrogens (tertiary/aromatic N) is 2. The van der Waals surface area contributed by atoms with Crippen LogP contribution in [0, 0.1) is 0 Å². The zero-order valence-corrected chi connectivity index (χ0v) is 15.2. The van der Waals surface area contributed by atoms with E-state index in [1.165, 1.54) is 5.56 Å². The van der Waals surface area contributed by atoms with Crippen LogP contribution in [0.4, 0.5) is 0 Å². The number of guanidine groups is 1. The number of methoxy groups -OCH3 is 1. The maximum absolute atomic E-state index is 10.5. The van der Waals surface area contributed by atoms with E-state index in [1.54, 1.807) is 6.07 Å². The first-order valence-electron chi connectivity index (χ1n) is 9.31. The summed E-state index contributed by atoms with van der Waals surface area (Å²) in [6, 6.07) is 3.92. The molecule has 1 spiro atoms. The van der Waals surface area contributed by atoms with Crippen molar-refractivity contribution < 1.29 is 14.6 Å². The molecule has 0 aromatic heterocycles. The number of likely N-dealkylation sites (N-methyl/N-ethyl adjacent to an activating group) is 1. The quantitative estimate of drug-likeness (QED) is 0.524. The van der Waals surface area contributed by atoms with E-state index in [-0.39, 0.29) is 40.9 Å². The van der Waals surface area contributed by atoms with Gasteiger partial charge in [0.2, 0.25) is 0 Å². The van der Waals surface area contributed by atoms with Crippen molar-refractivity contribution >= 4 is 5.96 Å². The Hall–Kier alpha value is -1.99. The molecule has 0 radical (unpaired) electrons. The fourth-order valence-corrected chi connectivity index (χ4v) is 6.44. The fourth-order valence-electron chi connectivity index (χ4n) is 6.44. The molecule has 4 aliphatic rings. The van der Waals surface area contributed by atoms with Crippen LogP contribution in [0.5, 0.6) is 11.5 Å². The second kappa shape index (κ2) is 5.04. The molecule has 1 saturated carbocycles. The molecule has 140 valence electrons. The maximum Gasteiger partial charge on any atom is 0.186 e. The molecule has 2 fully saturated rings. The van der Waals surface area contributed by atoms with Gasteiger partial charge in [-0.1, -0.05) is 6.07 Å². The van der Waals surface area contributed by atoms with Crippen LogP contribution in [0.15, 0.2) is 17.1 Å². The van der Waals surface area contributed by atoms with E-state index < -0.39 is 0 Å². The zero-order chi connectivity index (χ0) is 18.3. The predicted octanol–water partition coefficient (Wildman–Crippen LogP) is 0.472. The first kappa shape index (κ1) is 16.2. The Bertz CT molecular complexity index is 808. The second-order valence-corrected chi connectivity index (χ2v) is 8.16. The number of aromatic hydroxyl groups is 1. The SMILES string of the molecule is CO[C@@]12CC[C@H](N=C(N)N)[C@@H]3Oc4c(O)ccc5c4C31CCN(C)C2C5. The lowest BCUT2D eigenvalue weighted by molar-refractivity contribution is -0.201. The monoisotopic (exact) mass is 358 g/mol. The Morgan fingerprint density at radius 3 is 2.92 bits per heavy atom. The molecule has 5 rings (SSSR count). The van der Waals surface area contributed by atoms with Gasteiger partial charge in [0, 0.05) is 18.7 Å². The molecule has 7 heteroatoms. The van der Waals surface area contributed by atoms with Gasteiger partial charge in [-0.25, -0.2) is 4.99 Å². The molecule has 7 nitrogen and oxygen atoms in total. The third kappa shape index (κ3) is 1.64. The number of benzene rings is 1. The van der Waals surface area contributed by atoms with Gasteiger partial charge in [-0.15, -0.1) is 0 Å². The largest absolute Gasteiger partial charge is 0.504 e. The van der Waals surface area contributed by atoms with Gasteiger partial charge >= 0.3 is 0 Å². The van der Waals surface area contributed by atoms with E-state index in [0.717, 1.165) is 37.8 Å². The third-order valence-corrected chi connectivity index (χ3v) is 7.34. The molecule has 2 heterocycles. The topological polar surface area (TPSA) is 106 Å². The average Bonchev–Trinajstić information content (AvgIpc) is 2.97. The number of likely N-dealkylation sites (tertiary alicyclic amines) is 1. The van der Waals surface area contributed by atoms with Gasteiger partial charge in [-0.05, 0) is 50.9 Å². The second-order valence-electron chi connectivity index (χ2n) is 8.16. The number of piperidine rings is 1. The molecular formula is C19H26N4O3. The number of aliphatic imine (C=N–C) groups is 1. The van der Waals surface area contributed by atoms with Crippen molar-refractivity contribution in [1.82, 2.24) is 4.90 Å². The van der Waals surface area contributed by atoms with E-state index in [2.05, 4.69) is 16.9 Å². The summed E-state index contributed by atoms with van der Waals surface area (Å²) in [5, 5.41) is 10.5. The molecule has 2 aliphatic heterocycles. The number of rotatable bonds is 2. The molecule has 1 saturated heterocycles. The number of phenolic OH excluding ortho intramolecular Hbond substituents is 1. The van der Waals surface area contributed by atoms with Gasteiger partial charge < -0.3 is 30.9 Å². The number of ether oxygens (including phenoxy) is 2. The summed E-state index contributed by atoms with van der Waals surface area (Å²) in [6.45, 7) is 0.957. The van der Waals surface area contributed by atoms with Gasteiger partial charge in [0.1, 0.15) is 6.10 Å². The summed E-state index contributed by atoms with van der Waals surface area (Å²) in [6.07, 6.45) is 3.24. The van der Waals surface area contributed by atoms with Crippen LogP contribution in [0.1, 0.15) is 30.4 Å². The summed E-state index contributed by atoms with van der Waals surface area (Å²) in [7, 11) is 4.00. The molecule has 26 heavy (non-hydrogen) atoms. The van der Waals surface area contributed by atoms with Crippen LogP contribution in [0.25, 0.3) is 0 Å². The van der Waals surface area contributed by atoms with Gasteiger partial charge in [0.05, 0.1) is 17.1 Å². The van der Waals surface area contributed by atoms with E-state index in [4.69, 9.17) is 20.9 Å². The Kier molecular flexibility index (Phi) is 3.14. The zero-order valence-electron chi connectivity index (χ0n) is 15.2. The summed E-state index contributed by atoms with van der Waals surface area (Å²) >= 11 is 0.